The van der Waals surface area contributed by atoms with E-state index in [0.29, 0.717) is 12.4 Å². The van der Waals surface area contributed by atoms with Crippen LogP contribution >= 0.6 is 0 Å². The van der Waals surface area contributed by atoms with Crippen LogP contribution in [0, 0.1) is 0 Å². The van der Waals surface area contributed by atoms with Crippen LogP contribution in [0.1, 0.15) is 31.1 Å². The topological polar surface area (TPSA) is 85.8 Å². The SMILES string of the molecule is NCc1ncn(C2CCCCNC2=O)n1. The number of nitrogens with zero attached hydrogens (tertiary/aromatic N) is 3. The molecule has 1 amide bonds. The minimum absolute atomic E-state index is 0.0287. The fraction of sp³-hybridized carbons (Fsp3) is 0.667. The number of nitrogens with two attached hydrogens (primary N) is 1. The quantitative estimate of drug-likeness (QED) is 0.692. The van der Waals surface area contributed by atoms with Gasteiger partial charge in [0.25, 0.3) is 0 Å². The van der Waals surface area contributed by atoms with Crippen LogP contribution in [0.5, 0.6) is 0 Å². The van der Waals surface area contributed by atoms with E-state index in [1.165, 1.54) is 0 Å². The Morgan fingerprint density at radius 3 is 3.20 bits per heavy atom. The summed E-state index contributed by atoms with van der Waals surface area (Å²) in [6.45, 7) is 1.06. The first-order chi connectivity index (χ1) is 7.31. The number of aromatic nitrogens is 3. The summed E-state index contributed by atoms with van der Waals surface area (Å²) in [6, 6.07) is -0.222. The van der Waals surface area contributed by atoms with Crippen molar-refractivity contribution in [2.45, 2.75) is 31.8 Å². The van der Waals surface area contributed by atoms with Crippen LogP contribution in [-0.2, 0) is 11.3 Å². The predicted octanol–water partition coefficient (Wildman–Crippen LogP) is -0.422. The Morgan fingerprint density at radius 1 is 1.60 bits per heavy atom. The van der Waals surface area contributed by atoms with Crippen LogP contribution in [0.4, 0.5) is 0 Å². The van der Waals surface area contributed by atoms with Gasteiger partial charge < -0.3 is 11.1 Å². The molecule has 15 heavy (non-hydrogen) atoms. The summed E-state index contributed by atoms with van der Waals surface area (Å²) < 4.78 is 1.61. The average molecular weight is 209 g/mol. The maximum absolute atomic E-state index is 11.7. The van der Waals surface area contributed by atoms with Gasteiger partial charge in [0.05, 0.1) is 6.54 Å². The molecule has 0 radical (unpaired) electrons. The molecule has 1 aliphatic rings. The molecule has 1 aliphatic heterocycles. The number of carbonyl (C=O) groups is 1. The van der Waals surface area contributed by atoms with Crippen molar-refractivity contribution in [3.05, 3.63) is 12.2 Å². The number of amides is 1. The van der Waals surface area contributed by atoms with Crippen LogP contribution < -0.4 is 11.1 Å². The van der Waals surface area contributed by atoms with E-state index in [9.17, 15) is 4.79 Å². The van der Waals surface area contributed by atoms with Gasteiger partial charge in [-0.15, -0.1) is 0 Å². The third kappa shape index (κ3) is 2.15. The van der Waals surface area contributed by atoms with Crippen LogP contribution in [0.3, 0.4) is 0 Å². The predicted molar refractivity (Wildman–Crippen MR) is 53.8 cm³/mol. The van der Waals surface area contributed by atoms with Gasteiger partial charge in [-0.1, -0.05) is 0 Å². The van der Waals surface area contributed by atoms with Gasteiger partial charge in [0, 0.05) is 6.54 Å². The summed E-state index contributed by atoms with van der Waals surface area (Å²) in [7, 11) is 0. The highest BCUT2D eigenvalue weighted by molar-refractivity contribution is 5.80. The molecule has 1 aromatic rings. The van der Waals surface area contributed by atoms with Gasteiger partial charge in [0.2, 0.25) is 5.91 Å². The lowest BCUT2D eigenvalue weighted by atomic mass is 10.1. The van der Waals surface area contributed by atoms with Crippen molar-refractivity contribution in [3.63, 3.8) is 0 Å². The number of hydrogen-bond acceptors (Lipinski definition) is 4. The van der Waals surface area contributed by atoms with E-state index in [-0.39, 0.29) is 11.9 Å². The fourth-order valence-electron chi connectivity index (χ4n) is 1.73. The van der Waals surface area contributed by atoms with E-state index < -0.39 is 0 Å². The zero-order valence-electron chi connectivity index (χ0n) is 8.52. The highest BCUT2D eigenvalue weighted by Gasteiger charge is 2.23. The Kier molecular flexibility index (Phi) is 2.96. The summed E-state index contributed by atoms with van der Waals surface area (Å²) in [5.41, 5.74) is 5.42. The van der Waals surface area contributed by atoms with Crippen molar-refractivity contribution in [2.75, 3.05) is 6.54 Å². The highest BCUT2D eigenvalue weighted by atomic mass is 16.2. The largest absolute Gasteiger partial charge is 0.354 e. The second kappa shape index (κ2) is 4.39. The summed E-state index contributed by atoms with van der Waals surface area (Å²) in [4.78, 5) is 15.7. The lowest BCUT2D eigenvalue weighted by Crippen LogP contribution is -2.31. The monoisotopic (exact) mass is 209 g/mol. The molecule has 6 nitrogen and oxygen atoms in total. The molecule has 1 atom stereocenters. The van der Waals surface area contributed by atoms with Gasteiger partial charge in [-0.05, 0) is 19.3 Å². The van der Waals surface area contributed by atoms with Crippen LogP contribution in [-0.4, -0.2) is 27.2 Å². The molecular formula is C9H15N5O. The van der Waals surface area contributed by atoms with Gasteiger partial charge in [-0.2, -0.15) is 5.10 Å². The van der Waals surface area contributed by atoms with Crippen molar-refractivity contribution in [1.82, 2.24) is 20.1 Å². The third-order valence-electron chi connectivity index (χ3n) is 2.56. The molecule has 1 saturated heterocycles. The Labute approximate surface area is 87.9 Å². The van der Waals surface area contributed by atoms with Crippen LogP contribution in [0.25, 0.3) is 0 Å². The highest BCUT2D eigenvalue weighted by Crippen LogP contribution is 2.16. The first-order valence-electron chi connectivity index (χ1n) is 5.19. The summed E-state index contributed by atoms with van der Waals surface area (Å²) in [5, 5.41) is 7.03. The average Bonchev–Trinajstić information content (AvgIpc) is 2.62. The van der Waals surface area contributed by atoms with Crippen molar-refractivity contribution in [1.29, 1.82) is 0 Å². The molecule has 1 unspecified atom stereocenters. The lowest BCUT2D eigenvalue weighted by Gasteiger charge is -2.12. The van der Waals surface area contributed by atoms with Gasteiger partial charge in [-0.25, -0.2) is 9.67 Å². The van der Waals surface area contributed by atoms with E-state index in [1.807, 2.05) is 0 Å². The summed E-state index contributed by atoms with van der Waals surface area (Å²) in [6.07, 6.45) is 4.46. The number of nitrogens with one attached hydrogen (secondary N) is 1. The molecule has 3 N–H and O–H groups in total. The van der Waals surface area contributed by atoms with E-state index in [1.54, 1.807) is 11.0 Å². The van der Waals surface area contributed by atoms with Gasteiger partial charge in [0.15, 0.2) is 5.82 Å². The smallest absolute Gasteiger partial charge is 0.244 e. The van der Waals surface area contributed by atoms with E-state index in [2.05, 4.69) is 15.4 Å². The first kappa shape index (κ1) is 10.1. The molecule has 1 aromatic heterocycles. The number of carbonyl (C=O) groups excluding carboxylic acids is 1. The number of rotatable bonds is 2. The molecule has 0 bridgehead atoms. The Balaban J connectivity index is 2.16. The van der Waals surface area contributed by atoms with E-state index in [4.69, 9.17) is 5.73 Å². The van der Waals surface area contributed by atoms with Crippen LogP contribution in [0.2, 0.25) is 0 Å². The fourth-order valence-corrected chi connectivity index (χ4v) is 1.73. The Hall–Kier alpha value is -1.43. The maximum Gasteiger partial charge on any atom is 0.244 e. The van der Waals surface area contributed by atoms with Gasteiger partial charge in [-0.3, -0.25) is 4.79 Å². The molecule has 0 spiro atoms. The van der Waals surface area contributed by atoms with Gasteiger partial charge in [0.1, 0.15) is 12.4 Å². The maximum atomic E-state index is 11.7. The van der Waals surface area contributed by atoms with Crippen molar-refractivity contribution >= 4 is 5.91 Å². The Bertz CT molecular complexity index is 348. The second-order valence-corrected chi connectivity index (χ2v) is 3.65. The van der Waals surface area contributed by atoms with E-state index in [0.717, 1.165) is 25.8 Å². The molecule has 1 fully saturated rings. The molecule has 2 rings (SSSR count). The lowest BCUT2D eigenvalue weighted by molar-refractivity contribution is -0.124. The van der Waals surface area contributed by atoms with E-state index >= 15 is 0 Å². The van der Waals surface area contributed by atoms with Crippen LogP contribution in [0.15, 0.2) is 6.33 Å². The summed E-state index contributed by atoms with van der Waals surface area (Å²) in [5.74, 6) is 0.605. The molecule has 0 aromatic carbocycles. The molecule has 0 saturated carbocycles. The standard InChI is InChI=1S/C9H15N5O/c10-5-8-12-6-14(13-8)7-3-1-2-4-11-9(7)15/h6-7H,1-5,10H2,(H,11,15). The first-order valence-corrected chi connectivity index (χ1v) is 5.19. The van der Waals surface area contributed by atoms with Crippen molar-refractivity contribution in [2.24, 2.45) is 5.73 Å². The number of hydrogen-bond donors (Lipinski definition) is 2. The minimum Gasteiger partial charge on any atom is -0.354 e. The van der Waals surface area contributed by atoms with Crippen molar-refractivity contribution in [3.8, 4) is 0 Å². The normalized spacial score (nSPS) is 22.2. The molecule has 6 heteroatoms. The Morgan fingerprint density at radius 2 is 2.47 bits per heavy atom. The molecule has 82 valence electrons. The second-order valence-electron chi connectivity index (χ2n) is 3.65. The molecule has 2 heterocycles. The molecular weight excluding hydrogens is 194 g/mol. The zero-order valence-corrected chi connectivity index (χ0v) is 8.52. The summed E-state index contributed by atoms with van der Waals surface area (Å²) >= 11 is 0. The zero-order chi connectivity index (χ0) is 10.7. The third-order valence-corrected chi connectivity index (χ3v) is 2.56. The minimum atomic E-state index is -0.222. The van der Waals surface area contributed by atoms with Crippen molar-refractivity contribution < 1.29 is 4.79 Å². The molecule has 0 aliphatic carbocycles. The van der Waals surface area contributed by atoms with Gasteiger partial charge >= 0.3 is 0 Å².